The van der Waals surface area contributed by atoms with Crippen molar-refractivity contribution in [2.24, 2.45) is 0 Å². The normalized spacial score (nSPS) is 13.3. The van der Waals surface area contributed by atoms with E-state index in [2.05, 4.69) is 141 Å². The summed E-state index contributed by atoms with van der Waals surface area (Å²) in [5, 5.41) is 8.42. The quantitative estimate of drug-likeness (QED) is 0.167. The first kappa shape index (κ1) is 40.0. The first-order valence-corrected chi connectivity index (χ1v) is 22.8. The average Bonchev–Trinajstić information content (AvgIpc) is 4.00. The molecule has 68 heavy (non-hydrogen) atoms. The molecule has 1 aliphatic rings. The van der Waals surface area contributed by atoms with E-state index in [1.54, 1.807) is 0 Å². The van der Waals surface area contributed by atoms with Gasteiger partial charge in [0.1, 0.15) is 11.2 Å². The number of alkyl halides is 3. The maximum atomic E-state index is 13.9. The molecule has 0 radical (unpaired) electrons. The fourth-order valence-corrected chi connectivity index (χ4v) is 10.9. The van der Waals surface area contributed by atoms with Crippen molar-refractivity contribution in [2.45, 2.75) is 32.4 Å². The molecule has 0 N–H and O–H groups in total. The zero-order valence-electron chi connectivity index (χ0n) is 37.3. The molecule has 0 saturated carbocycles. The van der Waals surface area contributed by atoms with Crippen LogP contribution in [0.25, 0.3) is 76.5 Å². The highest BCUT2D eigenvalue weighted by Crippen LogP contribution is 2.57. The highest BCUT2D eigenvalue weighted by molar-refractivity contribution is 6.16. The van der Waals surface area contributed by atoms with Gasteiger partial charge >= 0.3 is 6.18 Å². The number of fused-ring (bicyclic) bond motifs is 13. The minimum absolute atomic E-state index is 0.443. The van der Waals surface area contributed by atoms with E-state index in [1.165, 1.54) is 39.9 Å². The van der Waals surface area contributed by atoms with Gasteiger partial charge in [0, 0.05) is 49.4 Å². The van der Waals surface area contributed by atoms with E-state index in [9.17, 15) is 13.2 Å². The summed E-state index contributed by atoms with van der Waals surface area (Å²) in [6.07, 6.45) is -4.47. The highest BCUT2D eigenvalue weighted by atomic mass is 19.4. The highest BCUT2D eigenvalue weighted by Gasteiger charge is 2.40. The topological polar surface area (TPSA) is 32.8 Å². The Morgan fingerprint density at radius 1 is 0.441 bits per heavy atom. The van der Waals surface area contributed by atoms with E-state index in [4.69, 9.17) is 8.83 Å². The van der Waals surface area contributed by atoms with Crippen LogP contribution in [0, 0.1) is 6.92 Å². The molecule has 10 aromatic carbocycles. The third-order valence-electron chi connectivity index (χ3n) is 14.1. The molecule has 2 aromatic heterocycles. The van der Waals surface area contributed by atoms with E-state index in [1.807, 2.05) is 59.5 Å². The predicted molar refractivity (Wildman–Crippen MR) is 273 cm³/mol. The lowest BCUT2D eigenvalue weighted by Gasteiger charge is -2.30. The maximum Gasteiger partial charge on any atom is 0.416 e. The van der Waals surface area contributed by atoms with E-state index >= 15 is 0 Å². The number of halogens is 3. The molecule has 0 bridgehead atoms. The molecule has 12 aromatic rings. The molecule has 0 saturated heterocycles. The third kappa shape index (κ3) is 5.94. The van der Waals surface area contributed by atoms with Crippen LogP contribution in [0.1, 0.15) is 36.1 Å². The minimum Gasteiger partial charge on any atom is -0.454 e. The smallest absolute Gasteiger partial charge is 0.416 e. The molecule has 7 heteroatoms. The summed E-state index contributed by atoms with van der Waals surface area (Å²) < 4.78 is 55.0. The van der Waals surface area contributed by atoms with Crippen molar-refractivity contribution in [1.29, 1.82) is 0 Å². The average molecular weight is 891 g/mol. The number of para-hydroxylation sites is 4. The zero-order chi connectivity index (χ0) is 46.1. The fourth-order valence-electron chi connectivity index (χ4n) is 10.9. The second-order valence-corrected chi connectivity index (χ2v) is 18.4. The number of hydrogen-bond donors (Lipinski definition) is 0. The Labute approximate surface area is 389 Å². The molecule has 328 valence electrons. The van der Waals surface area contributed by atoms with Gasteiger partial charge in [0.15, 0.2) is 11.2 Å². The van der Waals surface area contributed by atoms with Crippen molar-refractivity contribution in [1.82, 2.24) is 0 Å². The van der Waals surface area contributed by atoms with Crippen LogP contribution >= 0.6 is 0 Å². The van der Waals surface area contributed by atoms with Gasteiger partial charge in [-0.25, -0.2) is 0 Å². The van der Waals surface area contributed by atoms with Crippen LogP contribution in [0.3, 0.4) is 0 Å². The minimum atomic E-state index is -4.47. The van der Waals surface area contributed by atoms with Crippen LogP contribution in [0.5, 0.6) is 0 Å². The largest absolute Gasteiger partial charge is 0.454 e. The van der Waals surface area contributed by atoms with Crippen LogP contribution in [-0.2, 0) is 11.6 Å². The molecule has 2 heterocycles. The van der Waals surface area contributed by atoms with Gasteiger partial charge in [0.2, 0.25) is 0 Å². The summed E-state index contributed by atoms with van der Waals surface area (Å²) >= 11 is 0. The van der Waals surface area contributed by atoms with Gasteiger partial charge in [-0.1, -0.05) is 135 Å². The molecular formula is C61H41F3N2O2. The summed E-state index contributed by atoms with van der Waals surface area (Å²) in [6.45, 7) is 6.74. The fraction of sp³-hybridized carbons (Fsp3) is 0.0820. The van der Waals surface area contributed by atoms with Crippen LogP contribution in [0.2, 0.25) is 0 Å². The van der Waals surface area contributed by atoms with Crippen molar-refractivity contribution in [3.63, 3.8) is 0 Å². The molecule has 0 amide bonds. The molecule has 1 aliphatic carbocycles. The Hall–Kier alpha value is -8.29. The summed E-state index contributed by atoms with van der Waals surface area (Å²) in [6, 6.07) is 64.4. The number of anilines is 6. The van der Waals surface area contributed by atoms with E-state index < -0.39 is 17.2 Å². The van der Waals surface area contributed by atoms with Gasteiger partial charge in [0.05, 0.1) is 22.6 Å². The van der Waals surface area contributed by atoms with Crippen molar-refractivity contribution in [3.05, 3.63) is 216 Å². The Kier molecular flexibility index (Phi) is 8.60. The number of furan rings is 2. The Bertz CT molecular complexity index is 4010. The van der Waals surface area contributed by atoms with Crippen molar-refractivity contribution < 1.29 is 22.0 Å². The van der Waals surface area contributed by atoms with Gasteiger partial charge in [-0.2, -0.15) is 13.2 Å². The number of benzene rings is 10. The first-order chi connectivity index (χ1) is 33.0. The third-order valence-corrected chi connectivity index (χ3v) is 14.1. The lowest BCUT2D eigenvalue weighted by atomic mass is 9.79. The van der Waals surface area contributed by atoms with Crippen LogP contribution in [0.4, 0.5) is 47.3 Å². The van der Waals surface area contributed by atoms with Gasteiger partial charge in [0.25, 0.3) is 0 Å². The Balaban J connectivity index is 1.00. The van der Waals surface area contributed by atoms with Crippen LogP contribution in [-0.4, -0.2) is 0 Å². The maximum absolute atomic E-state index is 13.9. The second-order valence-electron chi connectivity index (χ2n) is 18.4. The zero-order valence-corrected chi connectivity index (χ0v) is 37.3. The van der Waals surface area contributed by atoms with E-state index in [0.717, 1.165) is 100 Å². The van der Waals surface area contributed by atoms with E-state index in [-0.39, 0.29) is 0 Å². The molecule has 4 nitrogen and oxygen atoms in total. The number of hydrogen-bond acceptors (Lipinski definition) is 4. The van der Waals surface area contributed by atoms with Crippen LogP contribution in [0.15, 0.2) is 203 Å². The number of rotatable bonds is 6. The summed E-state index contributed by atoms with van der Waals surface area (Å²) in [5.41, 5.74) is 13.0. The molecular weight excluding hydrogens is 850 g/mol. The molecule has 0 fully saturated rings. The van der Waals surface area contributed by atoms with Gasteiger partial charge in [-0.15, -0.1) is 0 Å². The monoisotopic (exact) mass is 890 g/mol. The Morgan fingerprint density at radius 2 is 0.971 bits per heavy atom. The summed E-state index contributed by atoms with van der Waals surface area (Å²) in [5.74, 6) is 0. The number of nitrogens with zero attached hydrogens (tertiary/aromatic N) is 2. The lowest BCUT2D eigenvalue weighted by molar-refractivity contribution is -0.137. The van der Waals surface area contributed by atoms with Crippen molar-refractivity contribution in [2.75, 3.05) is 9.80 Å². The molecule has 0 spiro atoms. The molecule has 0 unspecified atom stereocenters. The van der Waals surface area contributed by atoms with E-state index in [0.29, 0.717) is 11.3 Å². The Morgan fingerprint density at radius 3 is 1.60 bits per heavy atom. The lowest BCUT2D eigenvalue weighted by Crippen LogP contribution is -2.17. The number of aryl methyl sites for hydroxylation is 1. The first-order valence-electron chi connectivity index (χ1n) is 22.8. The van der Waals surface area contributed by atoms with Crippen LogP contribution < -0.4 is 9.80 Å². The van der Waals surface area contributed by atoms with Gasteiger partial charge < -0.3 is 18.6 Å². The second kappa shape index (κ2) is 14.6. The van der Waals surface area contributed by atoms with Crippen molar-refractivity contribution >= 4 is 99.5 Å². The predicted octanol–water partition coefficient (Wildman–Crippen LogP) is 18.4. The van der Waals surface area contributed by atoms with Crippen molar-refractivity contribution in [3.8, 4) is 11.1 Å². The SMILES string of the molecule is Cc1ccc(N(c2cc3c(c4ccccc24)-c2ccc4cc(N(c5ccc(C(F)(F)F)cc5)c5cccc6c5oc5ccccc56)ccc4c2C3(C)C)c2cccc3c2oc2ccccc23)cc1. The summed E-state index contributed by atoms with van der Waals surface area (Å²) in [7, 11) is 0. The molecule has 0 atom stereocenters. The van der Waals surface area contributed by atoms with Gasteiger partial charge in [-0.05, 0) is 124 Å². The standard InChI is InChI=1S/C61H41F3N2O2/c1-36-22-27-40(28-23-36)66(52-19-11-17-48-45-14-7-9-21-55(45)68-59(48)52)53-35-50-56(46-15-5-4-12-43(46)53)49-32-24-37-34-41(31-33-42(37)57(49)60(50,2)3)65(39-29-25-38(26-30-39)61(62,63)64)51-18-10-16-47-44-13-6-8-20-54(44)67-58(47)51/h4-35H,1-3H3. The molecule has 0 aliphatic heterocycles. The molecule has 13 rings (SSSR count). The summed E-state index contributed by atoms with van der Waals surface area (Å²) in [4.78, 5) is 4.36. The van der Waals surface area contributed by atoms with Gasteiger partial charge in [-0.3, -0.25) is 0 Å².